The second kappa shape index (κ2) is 4.53. The standard InChI is InChI=1S/C11H13BrN2O2/c12-8-1-2-10-7(5-8)3-4-14(10)11(16)9(13)6-15/h1-2,5,9,15H,3-4,6,13H2/t9-/m1/s1. The summed E-state index contributed by atoms with van der Waals surface area (Å²) in [6.45, 7) is 0.319. The third-order valence-corrected chi connectivity index (χ3v) is 3.21. The molecule has 1 atom stereocenters. The number of halogens is 1. The van der Waals surface area contributed by atoms with Gasteiger partial charge in [-0.2, -0.15) is 0 Å². The third kappa shape index (κ3) is 1.98. The molecule has 0 saturated carbocycles. The predicted molar refractivity (Wildman–Crippen MR) is 65.3 cm³/mol. The van der Waals surface area contributed by atoms with Gasteiger partial charge in [0.1, 0.15) is 6.04 Å². The molecule has 0 unspecified atom stereocenters. The van der Waals surface area contributed by atoms with E-state index < -0.39 is 6.04 Å². The second-order valence-electron chi connectivity index (χ2n) is 3.80. The number of nitrogens with two attached hydrogens (primary N) is 1. The van der Waals surface area contributed by atoms with Gasteiger partial charge >= 0.3 is 0 Å². The summed E-state index contributed by atoms with van der Waals surface area (Å²) in [6.07, 6.45) is 0.832. The maximum absolute atomic E-state index is 11.9. The number of aliphatic hydroxyl groups excluding tert-OH is 1. The molecule has 1 aliphatic rings. The topological polar surface area (TPSA) is 66.6 Å². The van der Waals surface area contributed by atoms with E-state index in [4.69, 9.17) is 10.8 Å². The summed E-state index contributed by atoms with van der Waals surface area (Å²) >= 11 is 3.40. The van der Waals surface area contributed by atoms with Crippen molar-refractivity contribution in [1.82, 2.24) is 0 Å². The number of amides is 1. The van der Waals surface area contributed by atoms with E-state index in [0.717, 1.165) is 22.1 Å². The van der Waals surface area contributed by atoms with E-state index in [0.29, 0.717) is 6.54 Å². The van der Waals surface area contributed by atoms with Gasteiger partial charge in [0, 0.05) is 16.7 Å². The quantitative estimate of drug-likeness (QED) is 0.838. The molecule has 0 saturated heterocycles. The highest BCUT2D eigenvalue weighted by molar-refractivity contribution is 9.10. The minimum absolute atomic E-state index is 0.219. The number of rotatable bonds is 2. The van der Waals surface area contributed by atoms with Gasteiger partial charge in [0.25, 0.3) is 0 Å². The summed E-state index contributed by atoms with van der Waals surface area (Å²) in [6, 6.07) is 4.98. The Morgan fingerprint density at radius 3 is 3.06 bits per heavy atom. The smallest absolute Gasteiger partial charge is 0.246 e. The second-order valence-corrected chi connectivity index (χ2v) is 4.72. The van der Waals surface area contributed by atoms with Crippen molar-refractivity contribution in [2.24, 2.45) is 5.73 Å². The number of hydrogen-bond acceptors (Lipinski definition) is 3. The highest BCUT2D eigenvalue weighted by Crippen LogP contribution is 2.30. The number of carbonyl (C=O) groups is 1. The number of fused-ring (bicyclic) bond motifs is 1. The summed E-state index contributed by atoms with van der Waals surface area (Å²) in [5.74, 6) is -0.219. The molecule has 1 amide bonds. The van der Waals surface area contributed by atoms with Gasteiger partial charge in [-0.3, -0.25) is 4.79 Å². The maximum Gasteiger partial charge on any atom is 0.246 e. The summed E-state index contributed by atoms with van der Waals surface area (Å²) in [7, 11) is 0. The average Bonchev–Trinajstić information content (AvgIpc) is 2.69. The molecule has 16 heavy (non-hydrogen) atoms. The van der Waals surface area contributed by atoms with Crippen LogP contribution in [0.25, 0.3) is 0 Å². The molecule has 0 aromatic heterocycles. The minimum Gasteiger partial charge on any atom is -0.394 e. The van der Waals surface area contributed by atoms with Crippen LogP contribution in [0.1, 0.15) is 5.56 Å². The van der Waals surface area contributed by atoms with Gasteiger partial charge in [-0.25, -0.2) is 0 Å². The lowest BCUT2D eigenvalue weighted by molar-refractivity contribution is -0.120. The third-order valence-electron chi connectivity index (χ3n) is 2.72. The van der Waals surface area contributed by atoms with E-state index in [1.165, 1.54) is 0 Å². The van der Waals surface area contributed by atoms with Crippen molar-refractivity contribution < 1.29 is 9.90 Å². The van der Waals surface area contributed by atoms with Crippen LogP contribution in [0.3, 0.4) is 0 Å². The lowest BCUT2D eigenvalue weighted by Crippen LogP contribution is -2.45. The molecule has 0 bridgehead atoms. The van der Waals surface area contributed by atoms with Crippen molar-refractivity contribution >= 4 is 27.5 Å². The van der Waals surface area contributed by atoms with Gasteiger partial charge in [-0.15, -0.1) is 0 Å². The first kappa shape index (κ1) is 11.6. The molecule has 1 aromatic rings. The Balaban J connectivity index is 2.27. The molecule has 1 heterocycles. The van der Waals surface area contributed by atoms with Crippen LogP contribution in [-0.4, -0.2) is 30.2 Å². The van der Waals surface area contributed by atoms with Crippen LogP contribution in [0, 0.1) is 0 Å². The van der Waals surface area contributed by atoms with Gasteiger partial charge in [0.2, 0.25) is 5.91 Å². The Labute approximate surface area is 102 Å². The Hall–Kier alpha value is -0.910. The SMILES string of the molecule is N[C@H](CO)C(=O)N1CCc2cc(Br)ccc21. The van der Waals surface area contributed by atoms with Crippen LogP contribution in [-0.2, 0) is 11.2 Å². The van der Waals surface area contributed by atoms with Gasteiger partial charge in [-0.05, 0) is 30.2 Å². The van der Waals surface area contributed by atoms with E-state index in [9.17, 15) is 4.79 Å². The molecule has 86 valence electrons. The minimum atomic E-state index is -0.824. The number of hydrogen-bond donors (Lipinski definition) is 2. The molecule has 1 aliphatic heterocycles. The first-order valence-corrected chi connectivity index (χ1v) is 5.89. The molecule has 2 rings (SSSR count). The summed E-state index contributed by atoms with van der Waals surface area (Å²) < 4.78 is 1.01. The van der Waals surface area contributed by atoms with Crippen molar-refractivity contribution in [3.63, 3.8) is 0 Å². The number of aliphatic hydroxyl groups is 1. The largest absolute Gasteiger partial charge is 0.394 e. The number of benzene rings is 1. The van der Waals surface area contributed by atoms with E-state index in [1.54, 1.807) is 4.90 Å². The van der Waals surface area contributed by atoms with Gasteiger partial charge < -0.3 is 15.7 Å². The summed E-state index contributed by atoms with van der Waals surface area (Å²) in [4.78, 5) is 13.5. The summed E-state index contributed by atoms with van der Waals surface area (Å²) in [5, 5.41) is 8.88. The molecule has 0 radical (unpaired) electrons. The van der Waals surface area contributed by atoms with E-state index >= 15 is 0 Å². The van der Waals surface area contributed by atoms with Crippen molar-refractivity contribution in [2.45, 2.75) is 12.5 Å². The summed E-state index contributed by atoms with van der Waals surface area (Å²) in [5.41, 5.74) is 7.57. The van der Waals surface area contributed by atoms with E-state index in [1.807, 2.05) is 18.2 Å². The number of nitrogens with zero attached hydrogens (tertiary/aromatic N) is 1. The van der Waals surface area contributed by atoms with Crippen LogP contribution in [0.15, 0.2) is 22.7 Å². The molecule has 0 spiro atoms. The van der Waals surface area contributed by atoms with E-state index in [2.05, 4.69) is 15.9 Å². The molecular formula is C11H13BrN2O2. The zero-order valence-corrected chi connectivity index (χ0v) is 10.3. The molecule has 3 N–H and O–H groups in total. The highest BCUT2D eigenvalue weighted by Gasteiger charge is 2.27. The molecule has 1 aromatic carbocycles. The molecule has 4 nitrogen and oxygen atoms in total. The fraction of sp³-hybridized carbons (Fsp3) is 0.364. The van der Waals surface area contributed by atoms with Crippen molar-refractivity contribution in [3.8, 4) is 0 Å². The monoisotopic (exact) mass is 284 g/mol. The Morgan fingerprint density at radius 2 is 2.38 bits per heavy atom. The van der Waals surface area contributed by atoms with Crippen molar-refractivity contribution in [1.29, 1.82) is 0 Å². The van der Waals surface area contributed by atoms with Gasteiger partial charge in [0.15, 0.2) is 0 Å². The molecule has 5 heteroatoms. The highest BCUT2D eigenvalue weighted by atomic mass is 79.9. The fourth-order valence-electron chi connectivity index (χ4n) is 1.88. The van der Waals surface area contributed by atoms with E-state index in [-0.39, 0.29) is 12.5 Å². The van der Waals surface area contributed by atoms with Crippen LogP contribution in [0.4, 0.5) is 5.69 Å². The predicted octanol–water partition coefficient (Wildman–Crippen LogP) is 0.658. The van der Waals surface area contributed by atoms with Gasteiger partial charge in [0.05, 0.1) is 6.61 Å². The number of anilines is 1. The number of carbonyl (C=O) groups excluding carboxylic acids is 1. The molecular weight excluding hydrogens is 272 g/mol. The fourth-order valence-corrected chi connectivity index (χ4v) is 2.29. The van der Waals surface area contributed by atoms with Crippen LogP contribution < -0.4 is 10.6 Å². The average molecular weight is 285 g/mol. The first-order valence-electron chi connectivity index (χ1n) is 5.09. The Morgan fingerprint density at radius 1 is 1.62 bits per heavy atom. The lowest BCUT2D eigenvalue weighted by atomic mass is 10.2. The van der Waals surface area contributed by atoms with Gasteiger partial charge in [-0.1, -0.05) is 15.9 Å². The van der Waals surface area contributed by atoms with Crippen molar-refractivity contribution in [3.05, 3.63) is 28.2 Å². The first-order chi connectivity index (χ1) is 7.63. The maximum atomic E-state index is 11.9. The van der Waals surface area contributed by atoms with Crippen LogP contribution in [0.5, 0.6) is 0 Å². The zero-order valence-electron chi connectivity index (χ0n) is 8.69. The van der Waals surface area contributed by atoms with Crippen LogP contribution in [0.2, 0.25) is 0 Å². The normalized spacial score (nSPS) is 16.1. The van der Waals surface area contributed by atoms with Crippen LogP contribution >= 0.6 is 15.9 Å². The Kier molecular flexibility index (Phi) is 3.28. The zero-order chi connectivity index (χ0) is 11.7. The molecule has 0 aliphatic carbocycles. The molecule has 0 fully saturated rings. The van der Waals surface area contributed by atoms with Crippen molar-refractivity contribution in [2.75, 3.05) is 18.1 Å². The Bertz CT molecular complexity index is 422. The lowest BCUT2D eigenvalue weighted by Gasteiger charge is -2.20.